The third-order valence-corrected chi connectivity index (χ3v) is 7.78. The molecule has 0 aromatic heterocycles. The zero-order valence-electron chi connectivity index (χ0n) is 16.6. The maximum absolute atomic E-state index is 6.24. The Labute approximate surface area is 171 Å². The molecule has 0 unspecified atom stereocenters. The molecule has 0 N–H and O–H groups in total. The lowest BCUT2D eigenvalue weighted by atomic mass is 9.83. The van der Waals surface area contributed by atoms with Crippen LogP contribution in [-0.2, 0) is 0 Å². The Bertz CT molecular complexity index is 301. The van der Waals surface area contributed by atoms with Gasteiger partial charge in [-0.2, -0.15) is 0 Å². The molecule has 0 aliphatic rings. The maximum Gasteiger partial charge on any atom is 0.120 e. The average molecular weight is 420 g/mol. The molecule has 0 amide bonds. The minimum atomic E-state index is -0.650. The van der Waals surface area contributed by atoms with Crippen molar-refractivity contribution in [1.82, 2.24) is 0 Å². The largest absolute Gasteiger partial charge is 0.120 e. The number of rotatable bonds is 13. The SMILES string of the molecule is CC(Cl)(Cl)C(C)(C)CCCCCCCCCCC(C)(C)C(C)(Cl)Cl. The van der Waals surface area contributed by atoms with Crippen molar-refractivity contribution < 1.29 is 0 Å². The molecule has 0 aliphatic heterocycles. The molecule has 0 saturated carbocycles. The van der Waals surface area contributed by atoms with E-state index in [0.717, 1.165) is 12.8 Å². The van der Waals surface area contributed by atoms with Crippen LogP contribution in [0.3, 0.4) is 0 Å². The normalized spacial score (nSPS) is 14.2. The van der Waals surface area contributed by atoms with Gasteiger partial charge in [-0.05, 0) is 37.5 Å². The Kier molecular flexibility index (Phi) is 11.0. The highest BCUT2D eigenvalue weighted by atomic mass is 35.5. The molecule has 0 spiro atoms. The lowest BCUT2D eigenvalue weighted by molar-refractivity contribution is 0.286. The van der Waals surface area contributed by atoms with E-state index in [-0.39, 0.29) is 10.8 Å². The van der Waals surface area contributed by atoms with Crippen molar-refractivity contribution in [3.05, 3.63) is 0 Å². The Morgan fingerprint density at radius 1 is 0.417 bits per heavy atom. The van der Waals surface area contributed by atoms with Crippen molar-refractivity contribution in [2.24, 2.45) is 10.8 Å². The molecule has 0 radical (unpaired) electrons. The van der Waals surface area contributed by atoms with E-state index in [4.69, 9.17) is 46.4 Å². The molecule has 0 nitrogen and oxygen atoms in total. The first-order valence-corrected chi connectivity index (χ1v) is 11.0. The van der Waals surface area contributed by atoms with Crippen molar-refractivity contribution in [2.75, 3.05) is 0 Å². The quantitative estimate of drug-likeness (QED) is 0.206. The highest BCUT2D eigenvalue weighted by Gasteiger charge is 2.37. The van der Waals surface area contributed by atoms with Gasteiger partial charge in [-0.25, -0.2) is 0 Å². The van der Waals surface area contributed by atoms with E-state index in [1.165, 1.54) is 51.4 Å². The number of halogens is 4. The summed E-state index contributed by atoms with van der Waals surface area (Å²) < 4.78 is -1.30. The monoisotopic (exact) mass is 418 g/mol. The number of hydrogen-bond donors (Lipinski definition) is 0. The average Bonchev–Trinajstić information content (AvgIpc) is 2.38. The smallest absolute Gasteiger partial charge is 0.101 e. The molecule has 0 fully saturated rings. The van der Waals surface area contributed by atoms with Gasteiger partial charge in [0.2, 0.25) is 0 Å². The van der Waals surface area contributed by atoms with Gasteiger partial charge in [0.05, 0.1) is 0 Å². The van der Waals surface area contributed by atoms with Crippen LogP contribution in [0.25, 0.3) is 0 Å². The molecule has 0 aliphatic carbocycles. The summed E-state index contributed by atoms with van der Waals surface area (Å²) in [7, 11) is 0. The third kappa shape index (κ3) is 9.75. The molecular weight excluding hydrogens is 382 g/mol. The third-order valence-electron chi connectivity index (χ3n) is 5.73. The first-order chi connectivity index (χ1) is 10.7. The highest BCUT2D eigenvalue weighted by Crippen LogP contribution is 2.44. The van der Waals surface area contributed by atoms with Crippen molar-refractivity contribution in [3.8, 4) is 0 Å². The molecule has 0 aromatic rings. The van der Waals surface area contributed by atoms with Crippen LogP contribution in [0.2, 0.25) is 0 Å². The van der Waals surface area contributed by atoms with E-state index in [0.29, 0.717) is 0 Å². The van der Waals surface area contributed by atoms with Crippen molar-refractivity contribution in [1.29, 1.82) is 0 Å². The van der Waals surface area contributed by atoms with Gasteiger partial charge >= 0.3 is 0 Å². The Hall–Kier alpha value is 1.16. The maximum atomic E-state index is 6.24. The second-order valence-electron chi connectivity index (χ2n) is 8.87. The van der Waals surface area contributed by atoms with E-state index in [9.17, 15) is 0 Å². The number of unbranched alkanes of at least 4 members (excludes halogenated alkanes) is 7. The van der Waals surface area contributed by atoms with Crippen molar-refractivity contribution >= 4 is 46.4 Å². The summed E-state index contributed by atoms with van der Waals surface area (Å²) in [6.45, 7) is 12.4. The van der Waals surface area contributed by atoms with Crippen LogP contribution >= 0.6 is 46.4 Å². The lowest BCUT2D eigenvalue weighted by Gasteiger charge is -2.34. The number of alkyl halides is 4. The van der Waals surface area contributed by atoms with E-state index in [2.05, 4.69) is 27.7 Å². The zero-order chi connectivity index (χ0) is 19.1. The van der Waals surface area contributed by atoms with Crippen LogP contribution in [0.15, 0.2) is 0 Å². The minimum absolute atomic E-state index is 0.0255. The fourth-order valence-corrected chi connectivity index (χ4v) is 3.01. The first-order valence-electron chi connectivity index (χ1n) is 9.46. The van der Waals surface area contributed by atoms with Crippen LogP contribution in [-0.4, -0.2) is 8.67 Å². The molecule has 24 heavy (non-hydrogen) atoms. The van der Waals surface area contributed by atoms with Crippen molar-refractivity contribution in [2.45, 2.75) is 114 Å². The van der Waals surface area contributed by atoms with E-state index in [1.54, 1.807) is 0 Å². The second kappa shape index (κ2) is 10.5. The van der Waals surface area contributed by atoms with E-state index < -0.39 is 8.67 Å². The van der Waals surface area contributed by atoms with Gasteiger partial charge in [0.15, 0.2) is 0 Å². The fraction of sp³-hybridized carbons (Fsp3) is 1.00. The summed E-state index contributed by atoms with van der Waals surface area (Å²) in [6, 6.07) is 0. The molecule has 0 heterocycles. The van der Waals surface area contributed by atoms with Crippen LogP contribution < -0.4 is 0 Å². The van der Waals surface area contributed by atoms with Gasteiger partial charge in [0, 0.05) is 0 Å². The molecule has 4 heteroatoms. The Balaban J connectivity index is 3.60. The second-order valence-corrected chi connectivity index (χ2v) is 12.3. The molecule has 0 rings (SSSR count). The predicted octanol–water partition coefficient (Wildman–Crippen LogP) is 9.33. The summed E-state index contributed by atoms with van der Waals surface area (Å²) in [5.74, 6) is 0. The summed E-state index contributed by atoms with van der Waals surface area (Å²) in [6.07, 6.45) is 12.4. The first kappa shape index (κ1) is 25.2. The van der Waals surface area contributed by atoms with Crippen LogP contribution in [0.4, 0.5) is 0 Å². The van der Waals surface area contributed by atoms with Gasteiger partial charge < -0.3 is 0 Å². The molecule has 0 saturated heterocycles. The fourth-order valence-electron chi connectivity index (χ4n) is 2.63. The Morgan fingerprint density at radius 2 is 0.625 bits per heavy atom. The highest BCUT2D eigenvalue weighted by molar-refractivity contribution is 6.49. The van der Waals surface area contributed by atoms with Crippen LogP contribution in [0.5, 0.6) is 0 Å². The molecule has 146 valence electrons. The minimum Gasteiger partial charge on any atom is -0.101 e. The van der Waals surface area contributed by atoms with E-state index >= 15 is 0 Å². The van der Waals surface area contributed by atoms with Gasteiger partial charge in [-0.15, -0.1) is 46.4 Å². The lowest BCUT2D eigenvalue weighted by Crippen LogP contribution is -2.31. The molecule has 0 atom stereocenters. The predicted molar refractivity (Wildman–Crippen MR) is 114 cm³/mol. The summed E-state index contributed by atoms with van der Waals surface area (Å²) in [4.78, 5) is 0. The summed E-state index contributed by atoms with van der Waals surface area (Å²) >= 11 is 25.0. The van der Waals surface area contributed by atoms with Gasteiger partial charge in [0.25, 0.3) is 0 Å². The Morgan fingerprint density at radius 3 is 0.833 bits per heavy atom. The van der Waals surface area contributed by atoms with E-state index in [1.807, 2.05) is 13.8 Å². The number of hydrogen-bond acceptors (Lipinski definition) is 0. The molecular formula is C20H38Cl4. The molecule has 0 aromatic carbocycles. The standard InChI is InChI=1S/C20H38Cl4/c1-17(2,19(5,21)22)15-13-11-9-7-8-10-12-14-16-18(3,4)20(6,23)24/h7-16H2,1-6H3. The molecule has 0 bridgehead atoms. The van der Waals surface area contributed by atoms with Gasteiger partial charge in [-0.3, -0.25) is 0 Å². The van der Waals surface area contributed by atoms with Gasteiger partial charge in [-0.1, -0.05) is 79.1 Å². The van der Waals surface area contributed by atoms with Crippen LogP contribution in [0.1, 0.15) is 106 Å². The van der Waals surface area contributed by atoms with Gasteiger partial charge in [0.1, 0.15) is 8.67 Å². The zero-order valence-corrected chi connectivity index (χ0v) is 19.6. The topological polar surface area (TPSA) is 0 Å². The van der Waals surface area contributed by atoms with Crippen LogP contribution in [0, 0.1) is 10.8 Å². The van der Waals surface area contributed by atoms with Crippen molar-refractivity contribution in [3.63, 3.8) is 0 Å². The summed E-state index contributed by atoms with van der Waals surface area (Å²) in [5.41, 5.74) is -0.0511. The summed E-state index contributed by atoms with van der Waals surface area (Å²) in [5, 5.41) is 0.